The fourth-order valence-electron chi connectivity index (χ4n) is 2.33. The summed E-state index contributed by atoms with van der Waals surface area (Å²) in [6.45, 7) is 0.130. The standard InChI is InChI=1S/C20H16F4N4O2.HI/c21-14-6-8-15(9-7-14)29-18-10-5-13(11-26-18)12-27-19(25)28-16-3-1-2-4-17(16)30-20(22,23)24;/h1-11H,12H2,(H3,25,27,28);1H. The molecular formula is C20H17F4IN4O2. The van der Waals surface area contributed by atoms with Gasteiger partial charge in [0.05, 0.1) is 12.2 Å². The van der Waals surface area contributed by atoms with E-state index in [1.54, 1.807) is 12.1 Å². The van der Waals surface area contributed by atoms with Crippen LogP contribution in [0.3, 0.4) is 0 Å². The second kappa shape index (κ2) is 10.8. The highest BCUT2D eigenvalue weighted by Crippen LogP contribution is 2.29. The molecular weight excluding hydrogens is 531 g/mol. The van der Waals surface area contributed by atoms with Gasteiger partial charge < -0.3 is 20.5 Å². The molecule has 0 bridgehead atoms. The van der Waals surface area contributed by atoms with Crippen LogP contribution in [0.5, 0.6) is 17.4 Å². The Hall–Kier alpha value is -3.09. The van der Waals surface area contributed by atoms with Crippen molar-refractivity contribution in [1.29, 1.82) is 0 Å². The molecule has 0 aliphatic rings. The molecule has 3 N–H and O–H groups in total. The van der Waals surface area contributed by atoms with E-state index in [1.807, 2.05) is 0 Å². The van der Waals surface area contributed by atoms with E-state index >= 15 is 0 Å². The first kappa shape index (κ1) is 24.2. The maximum atomic E-state index is 12.9. The Morgan fingerprint density at radius 2 is 1.74 bits per heavy atom. The molecule has 3 aromatic rings. The SMILES string of the molecule is I.NC(=NCc1ccc(Oc2ccc(F)cc2)nc1)Nc1ccccc1OC(F)(F)F. The average molecular weight is 548 g/mol. The third-order valence-electron chi connectivity index (χ3n) is 3.64. The van der Waals surface area contributed by atoms with Gasteiger partial charge in [0.25, 0.3) is 0 Å². The number of hydrogen-bond acceptors (Lipinski definition) is 4. The molecule has 31 heavy (non-hydrogen) atoms. The van der Waals surface area contributed by atoms with Gasteiger partial charge in [-0.15, -0.1) is 37.1 Å². The van der Waals surface area contributed by atoms with Crippen LogP contribution in [0.1, 0.15) is 5.56 Å². The lowest BCUT2D eigenvalue weighted by atomic mass is 10.3. The smallest absolute Gasteiger partial charge is 0.439 e. The van der Waals surface area contributed by atoms with Crippen molar-refractivity contribution < 1.29 is 27.0 Å². The summed E-state index contributed by atoms with van der Waals surface area (Å²) in [5.74, 6) is -0.157. The first-order chi connectivity index (χ1) is 14.3. The number of ether oxygens (including phenoxy) is 2. The van der Waals surface area contributed by atoms with Crippen molar-refractivity contribution in [2.24, 2.45) is 10.7 Å². The summed E-state index contributed by atoms with van der Waals surface area (Å²) in [5, 5.41) is 2.58. The number of benzene rings is 2. The van der Waals surface area contributed by atoms with Crippen molar-refractivity contribution in [3.8, 4) is 17.4 Å². The largest absolute Gasteiger partial charge is 0.573 e. The minimum absolute atomic E-state index is 0. The number of hydrogen-bond donors (Lipinski definition) is 2. The highest BCUT2D eigenvalue weighted by molar-refractivity contribution is 14.0. The average Bonchev–Trinajstić information content (AvgIpc) is 2.70. The first-order valence-corrected chi connectivity index (χ1v) is 8.58. The van der Waals surface area contributed by atoms with E-state index in [4.69, 9.17) is 10.5 Å². The fourth-order valence-corrected chi connectivity index (χ4v) is 2.33. The molecule has 3 rings (SSSR count). The number of aromatic nitrogens is 1. The van der Waals surface area contributed by atoms with Crippen LogP contribution in [-0.4, -0.2) is 17.3 Å². The van der Waals surface area contributed by atoms with Crippen LogP contribution >= 0.6 is 24.0 Å². The van der Waals surface area contributed by atoms with Crippen molar-refractivity contribution in [3.05, 3.63) is 78.2 Å². The molecule has 0 saturated heterocycles. The molecule has 1 heterocycles. The number of rotatable bonds is 6. The van der Waals surface area contributed by atoms with E-state index in [1.165, 1.54) is 48.7 Å². The lowest BCUT2D eigenvalue weighted by Crippen LogP contribution is -2.24. The van der Waals surface area contributed by atoms with Crippen LogP contribution in [0.15, 0.2) is 71.9 Å². The normalized spacial score (nSPS) is 11.4. The molecule has 2 aromatic carbocycles. The summed E-state index contributed by atoms with van der Waals surface area (Å²) in [6, 6.07) is 14.3. The van der Waals surface area contributed by atoms with Gasteiger partial charge in [-0.05, 0) is 42.0 Å². The lowest BCUT2D eigenvalue weighted by Gasteiger charge is -2.14. The molecule has 11 heteroatoms. The molecule has 0 aliphatic heterocycles. The van der Waals surface area contributed by atoms with Crippen LogP contribution in [0.4, 0.5) is 23.2 Å². The molecule has 0 amide bonds. The van der Waals surface area contributed by atoms with E-state index in [9.17, 15) is 17.6 Å². The monoisotopic (exact) mass is 548 g/mol. The Morgan fingerprint density at radius 1 is 1.03 bits per heavy atom. The number of nitrogens with two attached hydrogens (primary N) is 1. The van der Waals surface area contributed by atoms with Gasteiger partial charge >= 0.3 is 6.36 Å². The zero-order chi connectivity index (χ0) is 21.6. The second-order valence-electron chi connectivity index (χ2n) is 5.93. The lowest BCUT2D eigenvalue weighted by molar-refractivity contribution is -0.274. The minimum Gasteiger partial charge on any atom is -0.439 e. The molecule has 1 aromatic heterocycles. The number of anilines is 1. The highest BCUT2D eigenvalue weighted by atomic mass is 127. The van der Waals surface area contributed by atoms with E-state index < -0.39 is 12.1 Å². The van der Waals surface area contributed by atoms with Crippen molar-refractivity contribution >= 4 is 35.6 Å². The summed E-state index contributed by atoms with van der Waals surface area (Å²) in [6.07, 6.45) is -3.32. The van der Waals surface area contributed by atoms with Crippen molar-refractivity contribution in [2.45, 2.75) is 12.9 Å². The number of nitrogens with zero attached hydrogens (tertiary/aromatic N) is 2. The summed E-state index contributed by atoms with van der Waals surface area (Å²) in [4.78, 5) is 8.20. The molecule has 6 nitrogen and oxygen atoms in total. The number of guanidine groups is 1. The topological polar surface area (TPSA) is 81.8 Å². The van der Waals surface area contributed by atoms with Crippen LogP contribution in [0, 0.1) is 5.82 Å². The molecule has 0 unspecified atom stereocenters. The molecule has 0 atom stereocenters. The zero-order valence-corrected chi connectivity index (χ0v) is 18.1. The Balaban J connectivity index is 0.00000341. The van der Waals surface area contributed by atoms with Gasteiger partial charge in [0.1, 0.15) is 11.6 Å². The summed E-state index contributed by atoms with van der Waals surface area (Å²) < 4.78 is 59.8. The van der Waals surface area contributed by atoms with Gasteiger partial charge in [-0.25, -0.2) is 14.4 Å². The number of para-hydroxylation sites is 2. The minimum atomic E-state index is -4.83. The van der Waals surface area contributed by atoms with Crippen molar-refractivity contribution in [1.82, 2.24) is 4.98 Å². The van der Waals surface area contributed by atoms with Crippen molar-refractivity contribution in [2.75, 3.05) is 5.32 Å². The van der Waals surface area contributed by atoms with E-state index in [2.05, 4.69) is 20.0 Å². The number of nitrogens with one attached hydrogen (secondary N) is 1. The number of pyridine rings is 1. The molecule has 0 spiro atoms. The Morgan fingerprint density at radius 3 is 2.39 bits per heavy atom. The first-order valence-electron chi connectivity index (χ1n) is 8.58. The fraction of sp³-hybridized carbons (Fsp3) is 0.100. The second-order valence-corrected chi connectivity index (χ2v) is 5.93. The molecule has 0 saturated carbocycles. The maximum absolute atomic E-state index is 12.9. The van der Waals surface area contributed by atoms with E-state index in [0.717, 1.165) is 6.07 Å². The molecule has 0 radical (unpaired) electrons. The highest BCUT2D eigenvalue weighted by Gasteiger charge is 2.32. The molecule has 0 aliphatic carbocycles. The van der Waals surface area contributed by atoms with Gasteiger partial charge in [0.2, 0.25) is 5.88 Å². The zero-order valence-electron chi connectivity index (χ0n) is 15.8. The van der Waals surface area contributed by atoms with Gasteiger partial charge in [0.15, 0.2) is 11.7 Å². The van der Waals surface area contributed by atoms with Crippen LogP contribution in [-0.2, 0) is 6.54 Å². The van der Waals surface area contributed by atoms with Crippen LogP contribution in [0.25, 0.3) is 0 Å². The Labute approximate surface area is 192 Å². The maximum Gasteiger partial charge on any atom is 0.573 e. The predicted molar refractivity (Wildman–Crippen MR) is 118 cm³/mol. The van der Waals surface area contributed by atoms with E-state index in [-0.39, 0.29) is 48.0 Å². The van der Waals surface area contributed by atoms with E-state index in [0.29, 0.717) is 17.2 Å². The number of alkyl halides is 3. The van der Waals surface area contributed by atoms with Gasteiger partial charge in [-0.1, -0.05) is 18.2 Å². The van der Waals surface area contributed by atoms with Crippen LogP contribution in [0.2, 0.25) is 0 Å². The number of halogens is 5. The third-order valence-corrected chi connectivity index (χ3v) is 3.64. The summed E-state index contributed by atoms with van der Waals surface area (Å²) >= 11 is 0. The Kier molecular flexibility index (Phi) is 8.42. The molecule has 164 valence electrons. The van der Waals surface area contributed by atoms with Crippen molar-refractivity contribution in [3.63, 3.8) is 0 Å². The van der Waals surface area contributed by atoms with Gasteiger partial charge in [-0.2, -0.15) is 0 Å². The number of aliphatic imine (C=N–C) groups is 1. The molecule has 0 fully saturated rings. The quantitative estimate of drug-likeness (QED) is 0.185. The van der Waals surface area contributed by atoms with Gasteiger partial charge in [0, 0.05) is 12.3 Å². The summed E-state index contributed by atoms with van der Waals surface area (Å²) in [7, 11) is 0. The van der Waals surface area contributed by atoms with Gasteiger partial charge in [-0.3, -0.25) is 0 Å². The van der Waals surface area contributed by atoms with Crippen LogP contribution < -0.4 is 20.5 Å². The third kappa shape index (κ3) is 7.92. The predicted octanol–water partition coefficient (Wildman–Crippen LogP) is 5.46. The Bertz CT molecular complexity index is 1010. The summed E-state index contributed by atoms with van der Waals surface area (Å²) in [5.41, 5.74) is 6.47.